The van der Waals surface area contributed by atoms with Crippen molar-refractivity contribution in [2.75, 3.05) is 17.6 Å². The van der Waals surface area contributed by atoms with Gasteiger partial charge in [0.15, 0.2) is 0 Å². The number of aryl methyl sites for hydroxylation is 1. The van der Waals surface area contributed by atoms with Crippen molar-refractivity contribution in [3.63, 3.8) is 0 Å². The van der Waals surface area contributed by atoms with Crippen molar-refractivity contribution in [1.29, 1.82) is 0 Å². The van der Waals surface area contributed by atoms with Crippen LogP contribution in [0.15, 0.2) is 24.3 Å². The van der Waals surface area contributed by atoms with E-state index in [1.807, 2.05) is 38.1 Å². The summed E-state index contributed by atoms with van der Waals surface area (Å²) in [5.74, 6) is 0.0240. The number of amides is 2. The SMILES string of the molecule is Cc1ccc(NC(=O)CSC(C)C(=O)N[C@@H](C)CN)cc1. The zero-order valence-electron chi connectivity index (χ0n) is 12.7. The molecule has 1 aromatic carbocycles. The minimum atomic E-state index is -0.289. The summed E-state index contributed by atoms with van der Waals surface area (Å²) >= 11 is 1.30. The topological polar surface area (TPSA) is 84.2 Å². The fourth-order valence-electron chi connectivity index (χ4n) is 1.53. The summed E-state index contributed by atoms with van der Waals surface area (Å²) in [7, 11) is 0. The third-order valence-electron chi connectivity index (χ3n) is 2.91. The molecule has 1 rings (SSSR count). The summed E-state index contributed by atoms with van der Waals surface area (Å²) in [5.41, 5.74) is 7.36. The average Bonchev–Trinajstić information content (AvgIpc) is 2.46. The molecule has 2 amide bonds. The fraction of sp³-hybridized carbons (Fsp3) is 0.467. The number of carbonyl (C=O) groups is 2. The van der Waals surface area contributed by atoms with E-state index >= 15 is 0 Å². The predicted octanol–water partition coefficient (Wildman–Crippen LogP) is 1.52. The fourth-order valence-corrected chi connectivity index (χ4v) is 2.22. The molecule has 0 fully saturated rings. The summed E-state index contributed by atoms with van der Waals surface area (Å²) in [6.07, 6.45) is 0. The van der Waals surface area contributed by atoms with Crippen molar-refractivity contribution < 1.29 is 9.59 Å². The Kier molecular flexibility index (Phi) is 7.25. The molecule has 4 N–H and O–H groups in total. The van der Waals surface area contributed by atoms with Crippen molar-refractivity contribution in [3.8, 4) is 0 Å². The second kappa shape index (κ2) is 8.69. The minimum absolute atomic E-state index is 0.0538. The lowest BCUT2D eigenvalue weighted by molar-refractivity contribution is -0.120. The molecule has 0 saturated heterocycles. The van der Waals surface area contributed by atoms with E-state index in [9.17, 15) is 9.59 Å². The van der Waals surface area contributed by atoms with Crippen LogP contribution in [0.4, 0.5) is 5.69 Å². The highest BCUT2D eigenvalue weighted by Crippen LogP contribution is 2.13. The van der Waals surface area contributed by atoms with Gasteiger partial charge in [-0.1, -0.05) is 17.7 Å². The van der Waals surface area contributed by atoms with Gasteiger partial charge < -0.3 is 16.4 Å². The van der Waals surface area contributed by atoms with Gasteiger partial charge in [-0.15, -0.1) is 11.8 Å². The van der Waals surface area contributed by atoms with Gasteiger partial charge in [0, 0.05) is 18.3 Å². The Labute approximate surface area is 130 Å². The van der Waals surface area contributed by atoms with Crippen molar-refractivity contribution >= 4 is 29.3 Å². The molecule has 6 heteroatoms. The van der Waals surface area contributed by atoms with Gasteiger partial charge in [0.25, 0.3) is 0 Å². The Bertz CT molecular complexity index is 476. The van der Waals surface area contributed by atoms with Gasteiger partial charge in [0.2, 0.25) is 11.8 Å². The first-order chi connectivity index (χ1) is 9.92. The van der Waals surface area contributed by atoms with E-state index in [1.54, 1.807) is 6.92 Å². The number of thioether (sulfide) groups is 1. The van der Waals surface area contributed by atoms with E-state index in [0.29, 0.717) is 6.54 Å². The highest BCUT2D eigenvalue weighted by molar-refractivity contribution is 8.01. The Morgan fingerprint density at radius 1 is 1.24 bits per heavy atom. The number of nitrogens with one attached hydrogen (secondary N) is 2. The first kappa shape index (κ1) is 17.5. The molecule has 0 heterocycles. The van der Waals surface area contributed by atoms with Crippen molar-refractivity contribution in [2.45, 2.75) is 32.1 Å². The Morgan fingerprint density at radius 3 is 2.43 bits per heavy atom. The third kappa shape index (κ3) is 6.64. The molecule has 0 spiro atoms. The standard InChI is InChI=1S/C15H23N3O2S/c1-10-4-6-13(7-5-10)18-14(19)9-21-12(3)15(20)17-11(2)8-16/h4-7,11-12H,8-9,16H2,1-3H3,(H,17,20)(H,18,19)/t11-,12?/m0/s1. The molecule has 0 bridgehead atoms. The zero-order chi connectivity index (χ0) is 15.8. The van der Waals surface area contributed by atoms with E-state index in [0.717, 1.165) is 11.3 Å². The van der Waals surface area contributed by atoms with Crippen molar-refractivity contribution in [2.24, 2.45) is 5.73 Å². The smallest absolute Gasteiger partial charge is 0.234 e. The maximum atomic E-state index is 11.8. The summed E-state index contributed by atoms with van der Waals surface area (Å²) in [6.45, 7) is 6.02. The Morgan fingerprint density at radius 2 is 1.86 bits per heavy atom. The van der Waals surface area contributed by atoms with Crippen LogP contribution in [-0.4, -0.2) is 35.4 Å². The first-order valence-corrected chi connectivity index (χ1v) is 7.95. The van der Waals surface area contributed by atoms with Crippen LogP contribution in [-0.2, 0) is 9.59 Å². The van der Waals surface area contributed by atoms with Gasteiger partial charge in [0.1, 0.15) is 0 Å². The first-order valence-electron chi connectivity index (χ1n) is 6.91. The molecule has 0 aliphatic carbocycles. The van der Waals surface area contributed by atoms with Crippen molar-refractivity contribution in [1.82, 2.24) is 5.32 Å². The second-order valence-corrected chi connectivity index (χ2v) is 6.34. The molecule has 1 unspecified atom stereocenters. The molecule has 21 heavy (non-hydrogen) atoms. The molecule has 2 atom stereocenters. The van der Waals surface area contributed by atoms with Gasteiger partial charge in [0.05, 0.1) is 11.0 Å². The molecule has 0 radical (unpaired) electrons. The summed E-state index contributed by atoms with van der Waals surface area (Å²) < 4.78 is 0. The zero-order valence-corrected chi connectivity index (χ0v) is 13.5. The average molecular weight is 309 g/mol. The molecule has 0 aliphatic heterocycles. The summed E-state index contributed by atoms with van der Waals surface area (Å²) in [5, 5.41) is 5.31. The maximum absolute atomic E-state index is 11.8. The number of hydrogen-bond donors (Lipinski definition) is 3. The molecule has 1 aromatic rings. The summed E-state index contributed by atoms with van der Waals surface area (Å²) in [4.78, 5) is 23.6. The van der Waals surface area contributed by atoms with Crippen molar-refractivity contribution in [3.05, 3.63) is 29.8 Å². The van der Waals surface area contributed by atoms with Gasteiger partial charge >= 0.3 is 0 Å². The van der Waals surface area contributed by atoms with E-state index in [-0.39, 0.29) is 28.9 Å². The second-order valence-electron chi connectivity index (χ2n) is 5.01. The highest BCUT2D eigenvalue weighted by atomic mass is 32.2. The number of anilines is 1. The van der Waals surface area contributed by atoms with Crippen LogP contribution in [0.25, 0.3) is 0 Å². The molecule has 0 saturated carbocycles. The van der Waals surface area contributed by atoms with E-state index in [1.165, 1.54) is 11.8 Å². The van der Waals surface area contributed by atoms with Crippen LogP contribution in [0.3, 0.4) is 0 Å². The van der Waals surface area contributed by atoms with Gasteiger partial charge in [-0.3, -0.25) is 9.59 Å². The van der Waals surface area contributed by atoms with Gasteiger partial charge in [-0.05, 0) is 32.9 Å². The van der Waals surface area contributed by atoms with Crippen LogP contribution in [0, 0.1) is 6.92 Å². The van der Waals surface area contributed by atoms with E-state index in [2.05, 4.69) is 10.6 Å². The van der Waals surface area contributed by atoms with E-state index in [4.69, 9.17) is 5.73 Å². The maximum Gasteiger partial charge on any atom is 0.234 e. The molecular weight excluding hydrogens is 286 g/mol. The molecule has 5 nitrogen and oxygen atoms in total. The number of benzene rings is 1. The largest absolute Gasteiger partial charge is 0.351 e. The van der Waals surface area contributed by atoms with Crippen LogP contribution in [0.5, 0.6) is 0 Å². The summed E-state index contributed by atoms with van der Waals surface area (Å²) in [6, 6.07) is 7.54. The normalized spacial score (nSPS) is 13.3. The molecule has 0 aliphatic rings. The molecular formula is C15H23N3O2S. The van der Waals surface area contributed by atoms with E-state index < -0.39 is 0 Å². The number of hydrogen-bond acceptors (Lipinski definition) is 4. The monoisotopic (exact) mass is 309 g/mol. The quantitative estimate of drug-likeness (QED) is 0.713. The Hall–Kier alpha value is -1.53. The third-order valence-corrected chi connectivity index (χ3v) is 4.05. The number of carbonyl (C=O) groups excluding carboxylic acids is 2. The molecule has 116 valence electrons. The van der Waals surface area contributed by atoms with Gasteiger partial charge in [-0.2, -0.15) is 0 Å². The lowest BCUT2D eigenvalue weighted by Gasteiger charge is -2.15. The van der Waals surface area contributed by atoms with Gasteiger partial charge in [-0.25, -0.2) is 0 Å². The van der Waals surface area contributed by atoms with Crippen LogP contribution in [0.2, 0.25) is 0 Å². The number of rotatable bonds is 7. The van der Waals surface area contributed by atoms with Crippen LogP contribution < -0.4 is 16.4 Å². The lowest BCUT2D eigenvalue weighted by atomic mass is 10.2. The van der Waals surface area contributed by atoms with Crippen LogP contribution in [0.1, 0.15) is 19.4 Å². The highest BCUT2D eigenvalue weighted by Gasteiger charge is 2.16. The van der Waals surface area contributed by atoms with Crippen LogP contribution >= 0.6 is 11.8 Å². The number of nitrogens with two attached hydrogens (primary N) is 1. The predicted molar refractivity (Wildman–Crippen MR) is 88.4 cm³/mol. The minimum Gasteiger partial charge on any atom is -0.351 e. The molecule has 0 aromatic heterocycles. The lowest BCUT2D eigenvalue weighted by Crippen LogP contribution is -2.41. The Balaban J connectivity index is 2.35.